The van der Waals surface area contributed by atoms with Crippen LogP contribution in [0, 0.1) is 25.7 Å². The van der Waals surface area contributed by atoms with E-state index in [1.165, 1.54) is 17.3 Å². The molecule has 0 unspecified atom stereocenters. The first-order valence-electron chi connectivity index (χ1n) is 14.4. The molecule has 0 radical (unpaired) electrons. The number of aliphatic imine (C=N–C) groups is 1. The van der Waals surface area contributed by atoms with Crippen LogP contribution in [0.5, 0.6) is 0 Å². The molecule has 1 spiro atoms. The Morgan fingerprint density at radius 1 is 1.09 bits per heavy atom. The predicted molar refractivity (Wildman–Crippen MR) is 155 cm³/mol. The van der Waals surface area contributed by atoms with E-state index >= 15 is 0 Å². The molecule has 3 amide bonds. The van der Waals surface area contributed by atoms with E-state index in [2.05, 4.69) is 16.2 Å². The van der Waals surface area contributed by atoms with E-state index < -0.39 is 40.0 Å². The van der Waals surface area contributed by atoms with Gasteiger partial charge in [-0.3, -0.25) is 30.2 Å². The third-order valence-electron chi connectivity index (χ3n) is 8.59. The zero-order chi connectivity index (χ0) is 31.6. The van der Waals surface area contributed by atoms with Gasteiger partial charge in [0.25, 0.3) is 11.8 Å². The lowest BCUT2D eigenvalue weighted by atomic mass is 9.79. The Kier molecular flexibility index (Phi) is 9.69. The normalized spacial score (nSPS) is 22.8. The summed E-state index contributed by atoms with van der Waals surface area (Å²) in [6, 6.07) is 3.20. The van der Waals surface area contributed by atoms with Gasteiger partial charge in [-0.25, -0.2) is 8.42 Å². The van der Waals surface area contributed by atoms with Crippen molar-refractivity contribution in [1.82, 2.24) is 20.5 Å². The van der Waals surface area contributed by atoms with Gasteiger partial charge in [0.15, 0.2) is 0 Å². The molecule has 1 aromatic rings. The Bertz CT molecular complexity index is 1400. The van der Waals surface area contributed by atoms with E-state index in [1.54, 1.807) is 26.0 Å². The number of hydrogen-bond acceptors (Lipinski definition) is 6. The second-order valence-electron chi connectivity index (χ2n) is 11.8. The molecule has 0 atom stereocenters. The first-order chi connectivity index (χ1) is 20.1. The van der Waals surface area contributed by atoms with Crippen LogP contribution in [-0.4, -0.2) is 61.1 Å². The molecule has 10 nitrogen and oxygen atoms in total. The van der Waals surface area contributed by atoms with E-state index in [-0.39, 0.29) is 50.1 Å². The van der Waals surface area contributed by atoms with Gasteiger partial charge in [-0.1, -0.05) is 0 Å². The van der Waals surface area contributed by atoms with E-state index in [4.69, 9.17) is 4.99 Å². The quantitative estimate of drug-likeness (QED) is 0.395. The summed E-state index contributed by atoms with van der Waals surface area (Å²) in [5.74, 6) is -0.573. The molecule has 0 bridgehead atoms. The van der Waals surface area contributed by atoms with Gasteiger partial charge in [0.2, 0.25) is 15.9 Å². The molecule has 1 saturated heterocycles. The molecule has 2 fully saturated rings. The molecule has 2 aliphatic heterocycles. The van der Waals surface area contributed by atoms with E-state index in [0.29, 0.717) is 53.8 Å². The van der Waals surface area contributed by atoms with Crippen LogP contribution in [0.3, 0.4) is 0 Å². The van der Waals surface area contributed by atoms with Crippen molar-refractivity contribution in [1.29, 1.82) is 0 Å². The van der Waals surface area contributed by atoms with Crippen LogP contribution in [0.15, 0.2) is 22.5 Å². The third kappa shape index (κ3) is 8.02. The highest BCUT2D eigenvalue weighted by molar-refractivity contribution is 7.92. The molecule has 43 heavy (non-hydrogen) atoms. The van der Waals surface area contributed by atoms with Gasteiger partial charge in [0.1, 0.15) is 11.4 Å². The number of nitrogens with zero attached hydrogens (tertiary/aromatic N) is 2. The molecule has 3 aliphatic rings. The maximum absolute atomic E-state index is 13.2. The molecule has 1 aromatic carbocycles. The predicted octanol–water partition coefficient (Wildman–Crippen LogP) is 3.90. The summed E-state index contributed by atoms with van der Waals surface area (Å²) in [7, 11) is -3.81. The summed E-state index contributed by atoms with van der Waals surface area (Å²) in [5, 5.41) is 4.02. The van der Waals surface area contributed by atoms with Crippen molar-refractivity contribution in [3.63, 3.8) is 0 Å². The zero-order valence-corrected chi connectivity index (χ0v) is 25.3. The maximum Gasteiger partial charge on any atom is 0.389 e. The molecular formula is C29H38F3N5O5S. The molecule has 1 saturated carbocycles. The first-order valence-corrected chi connectivity index (χ1v) is 15.9. The molecule has 14 heteroatoms. The van der Waals surface area contributed by atoms with Crippen LogP contribution < -0.4 is 16.2 Å². The van der Waals surface area contributed by atoms with Gasteiger partial charge in [-0.2, -0.15) is 17.5 Å². The third-order valence-corrected chi connectivity index (χ3v) is 10.2. The summed E-state index contributed by atoms with van der Waals surface area (Å²) in [6.07, 6.45) is -0.194. The largest absolute Gasteiger partial charge is 0.389 e. The summed E-state index contributed by atoms with van der Waals surface area (Å²) < 4.78 is 65.4. The number of benzene rings is 1. The van der Waals surface area contributed by atoms with Crippen molar-refractivity contribution < 1.29 is 36.0 Å². The number of piperidine rings is 1. The van der Waals surface area contributed by atoms with Gasteiger partial charge < -0.3 is 5.32 Å². The highest BCUT2D eigenvalue weighted by Gasteiger charge is 2.48. The van der Waals surface area contributed by atoms with Gasteiger partial charge in [0.05, 0.1) is 0 Å². The second-order valence-corrected chi connectivity index (χ2v) is 13.6. The lowest BCUT2D eigenvalue weighted by molar-refractivity contribution is -0.138. The van der Waals surface area contributed by atoms with Gasteiger partial charge in [-0.05, 0) is 99.6 Å². The number of amidine groups is 1. The minimum Gasteiger partial charge on any atom is -0.312 e. The number of carbonyl (C=O) groups excluding carboxylic acids is 3. The number of amides is 3. The number of alkyl halides is 3. The second kappa shape index (κ2) is 12.8. The van der Waals surface area contributed by atoms with Gasteiger partial charge in [0, 0.05) is 43.3 Å². The molecule has 1 aliphatic carbocycles. The van der Waals surface area contributed by atoms with Crippen LogP contribution in [0.1, 0.15) is 85.3 Å². The minimum atomic E-state index is -4.15. The fourth-order valence-electron chi connectivity index (χ4n) is 6.10. The van der Waals surface area contributed by atoms with Crippen molar-refractivity contribution in [3.8, 4) is 0 Å². The lowest BCUT2D eigenvalue weighted by Gasteiger charge is -2.34. The van der Waals surface area contributed by atoms with Crippen molar-refractivity contribution in [2.75, 3.05) is 13.1 Å². The number of sulfonamides is 1. The average Bonchev–Trinajstić information content (AvgIpc) is 3.25. The van der Waals surface area contributed by atoms with Crippen molar-refractivity contribution in [3.05, 3.63) is 39.8 Å². The maximum atomic E-state index is 13.2. The monoisotopic (exact) mass is 625 g/mol. The van der Waals surface area contributed by atoms with Crippen molar-refractivity contribution >= 4 is 39.7 Å². The first kappa shape index (κ1) is 32.6. The van der Waals surface area contributed by atoms with E-state index in [0.717, 1.165) is 5.41 Å². The highest BCUT2D eigenvalue weighted by atomic mass is 32.2. The Balaban J connectivity index is 1.36. The molecular weight excluding hydrogens is 587 g/mol. The number of nitrogens with one attached hydrogen (secondary N) is 3. The summed E-state index contributed by atoms with van der Waals surface area (Å²) >= 11 is 0. The smallest absolute Gasteiger partial charge is 0.312 e. The summed E-state index contributed by atoms with van der Waals surface area (Å²) in [5.41, 5.74) is 5.81. The number of hydrazine groups is 1. The highest BCUT2D eigenvalue weighted by Crippen LogP contribution is 2.38. The van der Waals surface area contributed by atoms with Crippen LogP contribution >= 0.6 is 0 Å². The zero-order valence-electron chi connectivity index (χ0n) is 24.5. The van der Waals surface area contributed by atoms with E-state index in [9.17, 15) is 36.0 Å². The van der Waals surface area contributed by atoms with E-state index in [1.807, 2.05) is 0 Å². The SMILES string of the molecule is CC(=O)NNC(=O)c1cc(C)c(C=CS(=O)(=O)N2CCC3(CC2)N=C(C2CCC(CCC(F)(F)F)CC2)NC3=O)c(C)c1. The van der Waals surface area contributed by atoms with Crippen molar-refractivity contribution in [2.24, 2.45) is 16.8 Å². The van der Waals surface area contributed by atoms with Gasteiger partial charge >= 0.3 is 6.18 Å². The lowest BCUT2D eigenvalue weighted by Crippen LogP contribution is -2.50. The standard InChI is InChI=1S/C29H38F3N5O5S/c1-18-16-23(26(39)36-35-20(3)38)17-19(2)24(18)9-15-43(41,42)37-13-11-28(12-14-37)27(40)33-25(34-28)22-6-4-21(5-7-22)8-10-29(30,31)32/h9,15-17,21-22H,4-8,10-14H2,1-3H3,(H,35,38)(H,36,39)(H,33,34,40). The topological polar surface area (TPSA) is 137 Å². The Hall–Kier alpha value is -3.26. The number of rotatable bonds is 7. The van der Waals surface area contributed by atoms with Crippen LogP contribution in [0.4, 0.5) is 13.2 Å². The van der Waals surface area contributed by atoms with Crippen LogP contribution in [-0.2, 0) is 19.6 Å². The summed E-state index contributed by atoms with van der Waals surface area (Å²) in [6.45, 7) is 5.00. The van der Waals surface area contributed by atoms with Crippen LogP contribution in [0.25, 0.3) is 6.08 Å². The molecule has 4 rings (SSSR count). The molecule has 0 aromatic heterocycles. The summed E-state index contributed by atoms with van der Waals surface area (Å²) in [4.78, 5) is 41.1. The minimum absolute atomic E-state index is 0.00972. The molecule has 3 N–H and O–H groups in total. The van der Waals surface area contributed by atoms with Crippen molar-refractivity contribution in [2.45, 2.75) is 83.9 Å². The Morgan fingerprint density at radius 3 is 2.26 bits per heavy atom. The molecule has 236 valence electrons. The number of hydrogen-bond donors (Lipinski definition) is 3. The van der Waals surface area contributed by atoms with Crippen LogP contribution in [0.2, 0.25) is 0 Å². The molecule has 2 heterocycles. The number of halogens is 3. The van der Waals surface area contributed by atoms with Gasteiger partial charge in [-0.15, -0.1) is 0 Å². The number of carbonyl (C=O) groups is 3. The average molecular weight is 626 g/mol. The Morgan fingerprint density at radius 2 is 1.70 bits per heavy atom. The number of aryl methyl sites for hydroxylation is 2. The Labute approximate surface area is 249 Å². The fraction of sp³-hybridized carbons (Fsp3) is 0.586. The fourth-order valence-corrected chi connectivity index (χ4v) is 7.27.